The summed E-state index contributed by atoms with van der Waals surface area (Å²) < 4.78 is 26.6. The first kappa shape index (κ1) is 17.9. The second-order valence-electron chi connectivity index (χ2n) is 5.66. The molecular formula is C16H25N3O3S. The van der Waals surface area contributed by atoms with E-state index in [0.717, 1.165) is 13.0 Å². The Morgan fingerprint density at radius 2 is 1.78 bits per heavy atom. The standard InChI is InChI=1S/C16H25N3O3S/c1-2-6-16(20)17-9-10-18-11-13-19(14-12-18)23(21,22)15-7-4-3-5-8-15/h3-5,7-8H,2,6,9-14H2,1H3,(H,17,20). The van der Waals surface area contributed by atoms with Crippen LogP contribution in [0.5, 0.6) is 0 Å². The van der Waals surface area contributed by atoms with Crippen LogP contribution in [0, 0.1) is 0 Å². The number of benzene rings is 1. The van der Waals surface area contributed by atoms with Crippen LogP contribution in [-0.2, 0) is 14.8 Å². The molecule has 7 heteroatoms. The van der Waals surface area contributed by atoms with Crippen LogP contribution < -0.4 is 5.32 Å². The second kappa shape index (κ2) is 8.42. The molecule has 0 unspecified atom stereocenters. The highest BCUT2D eigenvalue weighted by atomic mass is 32.2. The minimum atomic E-state index is -3.39. The molecule has 1 aliphatic heterocycles. The summed E-state index contributed by atoms with van der Waals surface area (Å²) in [6.45, 7) is 5.70. The molecule has 1 aromatic rings. The number of nitrogens with one attached hydrogen (secondary N) is 1. The van der Waals surface area contributed by atoms with Gasteiger partial charge in [-0.15, -0.1) is 0 Å². The largest absolute Gasteiger partial charge is 0.355 e. The number of nitrogens with zero attached hydrogens (tertiary/aromatic N) is 2. The summed E-state index contributed by atoms with van der Waals surface area (Å²) in [5.74, 6) is 0.0813. The Morgan fingerprint density at radius 3 is 2.39 bits per heavy atom. The van der Waals surface area contributed by atoms with Crippen molar-refractivity contribution in [3.63, 3.8) is 0 Å². The van der Waals surface area contributed by atoms with E-state index in [1.807, 2.05) is 13.0 Å². The predicted octanol–water partition coefficient (Wildman–Crippen LogP) is 0.909. The zero-order chi connectivity index (χ0) is 16.7. The van der Waals surface area contributed by atoms with Crippen molar-refractivity contribution in [2.24, 2.45) is 0 Å². The molecule has 1 fully saturated rings. The topological polar surface area (TPSA) is 69.7 Å². The van der Waals surface area contributed by atoms with Gasteiger partial charge < -0.3 is 5.32 Å². The van der Waals surface area contributed by atoms with Crippen molar-refractivity contribution in [2.75, 3.05) is 39.3 Å². The molecule has 6 nitrogen and oxygen atoms in total. The van der Waals surface area contributed by atoms with E-state index in [-0.39, 0.29) is 5.91 Å². The number of piperazine rings is 1. The molecule has 0 spiro atoms. The quantitative estimate of drug-likeness (QED) is 0.802. The van der Waals surface area contributed by atoms with Crippen LogP contribution in [0.3, 0.4) is 0 Å². The average Bonchev–Trinajstić information content (AvgIpc) is 2.56. The Labute approximate surface area is 138 Å². The molecule has 1 aromatic carbocycles. The predicted molar refractivity (Wildman–Crippen MR) is 89.6 cm³/mol. The minimum Gasteiger partial charge on any atom is -0.355 e. The summed E-state index contributed by atoms with van der Waals surface area (Å²) in [7, 11) is -3.39. The Bertz CT molecular complexity index is 596. The van der Waals surface area contributed by atoms with E-state index in [1.54, 1.807) is 24.3 Å². The molecule has 1 amide bonds. The fourth-order valence-electron chi connectivity index (χ4n) is 2.60. The lowest BCUT2D eigenvalue weighted by Crippen LogP contribution is -2.50. The number of amides is 1. The highest BCUT2D eigenvalue weighted by molar-refractivity contribution is 7.89. The third-order valence-corrected chi connectivity index (χ3v) is 5.85. The molecule has 128 valence electrons. The lowest BCUT2D eigenvalue weighted by Gasteiger charge is -2.33. The van der Waals surface area contributed by atoms with Gasteiger partial charge in [0.15, 0.2) is 0 Å². The first-order chi connectivity index (χ1) is 11.0. The van der Waals surface area contributed by atoms with Crippen LogP contribution >= 0.6 is 0 Å². The van der Waals surface area contributed by atoms with E-state index in [0.29, 0.717) is 44.0 Å². The summed E-state index contributed by atoms with van der Waals surface area (Å²) in [5.41, 5.74) is 0. The normalized spacial score (nSPS) is 17.1. The summed E-state index contributed by atoms with van der Waals surface area (Å²) in [5, 5.41) is 2.89. The van der Waals surface area contributed by atoms with Gasteiger partial charge >= 0.3 is 0 Å². The van der Waals surface area contributed by atoms with Crippen molar-refractivity contribution in [3.8, 4) is 0 Å². The maximum atomic E-state index is 12.5. The third-order valence-electron chi connectivity index (χ3n) is 3.94. The van der Waals surface area contributed by atoms with Crippen molar-refractivity contribution in [3.05, 3.63) is 30.3 Å². The van der Waals surface area contributed by atoms with Gasteiger partial charge in [0, 0.05) is 45.7 Å². The van der Waals surface area contributed by atoms with E-state index in [4.69, 9.17) is 0 Å². The molecule has 0 bridgehead atoms. The molecule has 23 heavy (non-hydrogen) atoms. The molecule has 1 aliphatic rings. The second-order valence-corrected chi connectivity index (χ2v) is 7.60. The van der Waals surface area contributed by atoms with Crippen LogP contribution in [0.4, 0.5) is 0 Å². The van der Waals surface area contributed by atoms with Gasteiger partial charge in [0.25, 0.3) is 0 Å². The molecule has 0 aliphatic carbocycles. The number of hydrogen-bond acceptors (Lipinski definition) is 4. The van der Waals surface area contributed by atoms with Crippen molar-refractivity contribution in [1.82, 2.24) is 14.5 Å². The van der Waals surface area contributed by atoms with Gasteiger partial charge in [-0.3, -0.25) is 9.69 Å². The minimum absolute atomic E-state index is 0.0813. The van der Waals surface area contributed by atoms with E-state index < -0.39 is 10.0 Å². The maximum Gasteiger partial charge on any atom is 0.243 e. The van der Waals surface area contributed by atoms with Crippen LogP contribution in [0.15, 0.2) is 35.2 Å². The molecule has 1 N–H and O–H groups in total. The van der Waals surface area contributed by atoms with Crippen molar-refractivity contribution >= 4 is 15.9 Å². The van der Waals surface area contributed by atoms with E-state index >= 15 is 0 Å². The van der Waals surface area contributed by atoms with Gasteiger partial charge in [-0.2, -0.15) is 4.31 Å². The fourth-order valence-corrected chi connectivity index (χ4v) is 4.05. The lowest BCUT2D eigenvalue weighted by molar-refractivity contribution is -0.121. The first-order valence-corrected chi connectivity index (χ1v) is 9.52. The SMILES string of the molecule is CCCC(=O)NCCN1CCN(S(=O)(=O)c2ccccc2)CC1. The van der Waals surface area contributed by atoms with Gasteiger partial charge in [-0.1, -0.05) is 25.1 Å². The van der Waals surface area contributed by atoms with Gasteiger partial charge in [0.05, 0.1) is 4.90 Å². The van der Waals surface area contributed by atoms with Crippen LogP contribution in [0.25, 0.3) is 0 Å². The van der Waals surface area contributed by atoms with Gasteiger partial charge in [-0.25, -0.2) is 8.42 Å². The molecule has 0 atom stereocenters. The Kier molecular flexibility index (Phi) is 6.56. The summed E-state index contributed by atoms with van der Waals surface area (Å²) >= 11 is 0. The molecule has 1 heterocycles. The number of hydrogen-bond donors (Lipinski definition) is 1. The Hall–Kier alpha value is -1.44. The van der Waals surface area contributed by atoms with Crippen molar-refractivity contribution in [2.45, 2.75) is 24.7 Å². The van der Waals surface area contributed by atoms with Crippen LogP contribution in [-0.4, -0.2) is 62.8 Å². The van der Waals surface area contributed by atoms with Gasteiger partial charge in [0.2, 0.25) is 15.9 Å². The van der Waals surface area contributed by atoms with E-state index in [1.165, 1.54) is 4.31 Å². The fraction of sp³-hybridized carbons (Fsp3) is 0.562. The zero-order valence-electron chi connectivity index (χ0n) is 13.6. The highest BCUT2D eigenvalue weighted by Crippen LogP contribution is 2.16. The lowest BCUT2D eigenvalue weighted by atomic mass is 10.3. The van der Waals surface area contributed by atoms with Crippen LogP contribution in [0.2, 0.25) is 0 Å². The average molecular weight is 339 g/mol. The number of carbonyl (C=O) groups excluding carboxylic acids is 1. The highest BCUT2D eigenvalue weighted by Gasteiger charge is 2.27. The first-order valence-electron chi connectivity index (χ1n) is 8.08. The molecule has 2 rings (SSSR count). The van der Waals surface area contributed by atoms with Gasteiger partial charge in [0.1, 0.15) is 0 Å². The third kappa shape index (κ3) is 5.02. The van der Waals surface area contributed by atoms with Crippen LogP contribution in [0.1, 0.15) is 19.8 Å². The summed E-state index contributed by atoms with van der Waals surface area (Å²) in [6, 6.07) is 8.55. The van der Waals surface area contributed by atoms with Gasteiger partial charge in [-0.05, 0) is 18.6 Å². The Morgan fingerprint density at radius 1 is 1.13 bits per heavy atom. The number of carbonyl (C=O) groups is 1. The summed E-state index contributed by atoms with van der Waals surface area (Å²) in [4.78, 5) is 13.9. The zero-order valence-corrected chi connectivity index (χ0v) is 14.4. The molecule has 0 saturated carbocycles. The smallest absolute Gasteiger partial charge is 0.243 e. The molecule has 1 saturated heterocycles. The van der Waals surface area contributed by atoms with Crippen molar-refractivity contribution < 1.29 is 13.2 Å². The molecular weight excluding hydrogens is 314 g/mol. The number of sulfonamides is 1. The van der Waals surface area contributed by atoms with E-state index in [2.05, 4.69) is 10.2 Å². The molecule has 0 radical (unpaired) electrons. The monoisotopic (exact) mass is 339 g/mol. The molecule has 0 aromatic heterocycles. The Balaban J connectivity index is 1.79. The maximum absolute atomic E-state index is 12.5. The van der Waals surface area contributed by atoms with E-state index in [9.17, 15) is 13.2 Å². The number of rotatable bonds is 7. The van der Waals surface area contributed by atoms with Crippen molar-refractivity contribution in [1.29, 1.82) is 0 Å². The summed E-state index contributed by atoms with van der Waals surface area (Å²) in [6.07, 6.45) is 1.41.